The van der Waals surface area contributed by atoms with Gasteiger partial charge in [0.1, 0.15) is 12.4 Å². The molecule has 1 fully saturated rings. The highest BCUT2D eigenvalue weighted by molar-refractivity contribution is 5.94. The molecule has 1 amide bonds. The third kappa shape index (κ3) is 4.23. The first-order valence-electron chi connectivity index (χ1n) is 7.11. The first-order chi connectivity index (χ1) is 9.45. The normalized spacial score (nSPS) is 18.9. The Morgan fingerprint density at radius 1 is 1.45 bits per heavy atom. The van der Waals surface area contributed by atoms with Crippen molar-refractivity contribution in [3.63, 3.8) is 0 Å². The summed E-state index contributed by atoms with van der Waals surface area (Å²) in [6.45, 7) is 7.06. The van der Waals surface area contributed by atoms with E-state index in [0.29, 0.717) is 6.61 Å². The number of hydrogen-bond donors (Lipinski definition) is 1. The highest BCUT2D eigenvalue weighted by Crippen LogP contribution is 2.22. The molecule has 1 saturated heterocycles. The molecule has 1 unspecified atom stereocenters. The highest BCUT2D eigenvalue weighted by Gasteiger charge is 2.21. The lowest BCUT2D eigenvalue weighted by Crippen LogP contribution is -2.27. The van der Waals surface area contributed by atoms with Crippen LogP contribution in [-0.2, 0) is 9.53 Å². The zero-order chi connectivity index (χ0) is 14.6. The summed E-state index contributed by atoms with van der Waals surface area (Å²) in [5.74, 6) is 0.751. The van der Waals surface area contributed by atoms with Crippen LogP contribution in [0.25, 0.3) is 0 Å². The Labute approximate surface area is 120 Å². The van der Waals surface area contributed by atoms with Crippen LogP contribution in [0.1, 0.15) is 33.6 Å². The molecule has 2 rings (SSSR count). The Morgan fingerprint density at radius 3 is 2.90 bits per heavy atom. The van der Waals surface area contributed by atoms with Crippen molar-refractivity contribution < 1.29 is 14.3 Å². The predicted octanol–water partition coefficient (Wildman–Crippen LogP) is 3.23. The lowest BCUT2D eigenvalue weighted by Gasteiger charge is -2.18. The summed E-state index contributed by atoms with van der Waals surface area (Å²) in [6.07, 6.45) is 2.36. The van der Waals surface area contributed by atoms with E-state index in [1.54, 1.807) is 0 Å². The molecule has 1 heterocycles. The Morgan fingerprint density at radius 2 is 2.25 bits per heavy atom. The summed E-state index contributed by atoms with van der Waals surface area (Å²) < 4.78 is 11.2. The van der Waals surface area contributed by atoms with E-state index in [1.807, 2.05) is 45.0 Å². The van der Waals surface area contributed by atoms with Gasteiger partial charge in [-0.05, 0) is 25.0 Å². The van der Waals surface area contributed by atoms with Crippen LogP contribution in [-0.4, -0.2) is 25.2 Å². The van der Waals surface area contributed by atoms with Gasteiger partial charge in [-0.3, -0.25) is 4.79 Å². The topological polar surface area (TPSA) is 47.6 Å². The van der Waals surface area contributed by atoms with E-state index in [4.69, 9.17) is 9.47 Å². The smallest absolute Gasteiger partial charge is 0.229 e. The quantitative estimate of drug-likeness (QED) is 0.919. The Bertz CT molecular complexity index is 459. The maximum atomic E-state index is 11.9. The minimum atomic E-state index is -0.408. The third-order valence-electron chi connectivity index (χ3n) is 3.23. The van der Waals surface area contributed by atoms with Crippen molar-refractivity contribution in [1.29, 1.82) is 0 Å². The largest absolute Gasteiger partial charge is 0.491 e. The highest BCUT2D eigenvalue weighted by atomic mass is 16.5. The number of anilines is 1. The summed E-state index contributed by atoms with van der Waals surface area (Å²) in [7, 11) is 0. The average Bonchev–Trinajstić information content (AvgIpc) is 2.89. The first-order valence-corrected chi connectivity index (χ1v) is 7.11. The molecule has 1 aliphatic heterocycles. The molecule has 0 radical (unpaired) electrons. The van der Waals surface area contributed by atoms with Crippen molar-refractivity contribution in [2.75, 3.05) is 18.5 Å². The van der Waals surface area contributed by atoms with Crippen molar-refractivity contribution in [2.45, 2.75) is 39.7 Å². The molecule has 1 aromatic carbocycles. The maximum Gasteiger partial charge on any atom is 0.229 e. The van der Waals surface area contributed by atoms with Crippen molar-refractivity contribution >= 4 is 11.6 Å². The van der Waals surface area contributed by atoms with Crippen LogP contribution in [0.3, 0.4) is 0 Å². The molecule has 20 heavy (non-hydrogen) atoms. The van der Waals surface area contributed by atoms with Gasteiger partial charge in [0.05, 0.1) is 6.10 Å². The number of hydrogen-bond acceptors (Lipinski definition) is 3. The van der Waals surface area contributed by atoms with Crippen molar-refractivity contribution in [2.24, 2.45) is 5.41 Å². The first kappa shape index (κ1) is 14.9. The van der Waals surface area contributed by atoms with E-state index in [1.165, 1.54) is 0 Å². The maximum absolute atomic E-state index is 11.9. The molecule has 4 heteroatoms. The van der Waals surface area contributed by atoms with Gasteiger partial charge in [0.25, 0.3) is 0 Å². The zero-order valence-corrected chi connectivity index (χ0v) is 12.4. The minimum Gasteiger partial charge on any atom is -0.491 e. The van der Waals surface area contributed by atoms with Crippen molar-refractivity contribution in [1.82, 2.24) is 0 Å². The summed E-state index contributed by atoms with van der Waals surface area (Å²) >= 11 is 0. The van der Waals surface area contributed by atoms with E-state index in [2.05, 4.69) is 5.32 Å². The van der Waals surface area contributed by atoms with E-state index < -0.39 is 5.41 Å². The van der Waals surface area contributed by atoms with Gasteiger partial charge in [-0.2, -0.15) is 0 Å². The van der Waals surface area contributed by atoms with Crippen LogP contribution >= 0.6 is 0 Å². The van der Waals surface area contributed by atoms with Gasteiger partial charge < -0.3 is 14.8 Å². The number of ether oxygens (including phenoxy) is 2. The standard InChI is InChI=1S/C16H23NO3/c1-16(2,3)15(18)17-12-6-4-7-13(10-12)20-11-14-8-5-9-19-14/h4,6-7,10,14H,5,8-9,11H2,1-3H3,(H,17,18). The van der Waals surface area contributed by atoms with Crippen LogP contribution < -0.4 is 10.1 Å². The van der Waals surface area contributed by atoms with E-state index in [-0.39, 0.29) is 12.0 Å². The van der Waals surface area contributed by atoms with Gasteiger partial charge in [-0.25, -0.2) is 0 Å². The van der Waals surface area contributed by atoms with E-state index in [9.17, 15) is 4.79 Å². The summed E-state index contributed by atoms with van der Waals surface area (Å²) in [5, 5.41) is 2.90. The van der Waals surface area contributed by atoms with Crippen molar-refractivity contribution in [3.05, 3.63) is 24.3 Å². The molecule has 1 aromatic rings. The average molecular weight is 277 g/mol. The lowest BCUT2D eigenvalue weighted by molar-refractivity contribution is -0.123. The van der Waals surface area contributed by atoms with E-state index in [0.717, 1.165) is 30.9 Å². The number of benzene rings is 1. The Kier molecular flexibility index (Phi) is 4.65. The number of carbonyl (C=O) groups excluding carboxylic acids is 1. The number of rotatable bonds is 4. The monoisotopic (exact) mass is 277 g/mol. The van der Waals surface area contributed by atoms with Gasteiger partial charge >= 0.3 is 0 Å². The van der Waals surface area contributed by atoms with Gasteiger partial charge in [0, 0.05) is 23.8 Å². The number of carbonyl (C=O) groups is 1. The molecular formula is C16H23NO3. The van der Waals surface area contributed by atoms with Gasteiger partial charge in [0.2, 0.25) is 5.91 Å². The van der Waals surface area contributed by atoms with Crippen LogP contribution in [0.15, 0.2) is 24.3 Å². The second-order valence-electron chi connectivity index (χ2n) is 6.18. The third-order valence-corrected chi connectivity index (χ3v) is 3.23. The molecule has 0 aliphatic carbocycles. The summed E-state index contributed by atoms with van der Waals surface area (Å²) in [6, 6.07) is 7.48. The molecule has 1 N–H and O–H groups in total. The van der Waals surface area contributed by atoms with Crippen LogP contribution in [0.4, 0.5) is 5.69 Å². The summed E-state index contributed by atoms with van der Waals surface area (Å²) in [4.78, 5) is 11.9. The molecule has 0 bridgehead atoms. The van der Waals surface area contributed by atoms with Crippen molar-refractivity contribution in [3.8, 4) is 5.75 Å². The molecule has 1 aliphatic rings. The molecule has 4 nitrogen and oxygen atoms in total. The molecule has 0 saturated carbocycles. The van der Waals surface area contributed by atoms with Crippen LogP contribution in [0.2, 0.25) is 0 Å². The zero-order valence-electron chi connectivity index (χ0n) is 12.4. The Balaban J connectivity index is 1.91. The fraction of sp³-hybridized carbons (Fsp3) is 0.562. The predicted molar refractivity (Wildman–Crippen MR) is 79.0 cm³/mol. The fourth-order valence-corrected chi connectivity index (χ4v) is 1.95. The SMILES string of the molecule is CC(C)(C)C(=O)Nc1cccc(OCC2CCCO2)c1. The van der Waals surface area contributed by atoms with Crippen LogP contribution in [0.5, 0.6) is 5.75 Å². The Hall–Kier alpha value is -1.55. The fourth-order valence-electron chi connectivity index (χ4n) is 1.95. The van der Waals surface area contributed by atoms with E-state index >= 15 is 0 Å². The van der Waals surface area contributed by atoms with Gasteiger partial charge in [-0.1, -0.05) is 26.8 Å². The second-order valence-corrected chi connectivity index (χ2v) is 6.18. The number of amides is 1. The molecule has 1 atom stereocenters. The lowest BCUT2D eigenvalue weighted by atomic mass is 9.95. The minimum absolute atomic E-state index is 0.00576. The molecular weight excluding hydrogens is 254 g/mol. The molecule has 110 valence electrons. The molecule has 0 aromatic heterocycles. The number of nitrogens with one attached hydrogen (secondary N) is 1. The van der Waals surface area contributed by atoms with Gasteiger partial charge in [-0.15, -0.1) is 0 Å². The van der Waals surface area contributed by atoms with Gasteiger partial charge in [0.15, 0.2) is 0 Å². The molecule has 0 spiro atoms. The van der Waals surface area contributed by atoms with Crippen LogP contribution in [0, 0.1) is 5.41 Å². The summed E-state index contributed by atoms with van der Waals surface area (Å²) in [5.41, 5.74) is 0.351. The second kappa shape index (κ2) is 6.27.